The Morgan fingerprint density at radius 1 is 1.31 bits per heavy atom. The molecule has 2 N–H and O–H groups in total. The van der Waals surface area contributed by atoms with Gasteiger partial charge in [-0.25, -0.2) is 4.98 Å². The van der Waals surface area contributed by atoms with Gasteiger partial charge in [0.2, 0.25) is 5.91 Å². The third-order valence-electron chi connectivity index (χ3n) is 4.40. The average molecular weight is 353 g/mol. The van der Waals surface area contributed by atoms with Gasteiger partial charge in [-0.2, -0.15) is 0 Å². The number of carbonyl (C=O) groups excluding carboxylic acids is 2. The molecule has 1 aliphatic rings. The lowest BCUT2D eigenvalue weighted by Gasteiger charge is -2.32. The van der Waals surface area contributed by atoms with Crippen LogP contribution in [-0.4, -0.2) is 41.4 Å². The molecule has 2 aromatic rings. The highest BCUT2D eigenvalue weighted by Crippen LogP contribution is 2.22. The van der Waals surface area contributed by atoms with Crippen molar-refractivity contribution in [1.29, 1.82) is 0 Å². The Hall–Kier alpha value is -2.96. The zero-order chi connectivity index (χ0) is 18.4. The summed E-state index contributed by atoms with van der Waals surface area (Å²) >= 11 is 0. The smallest absolute Gasteiger partial charge is 0.251 e. The van der Waals surface area contributed by atoms with E-state index in [4.69, 9.17) is 0 Å². The molecule has 1 atom stereocenters. The highest BCUT2D eigenvalue weighted by molar-refractivity contribution is 5.97. The van der Waals surface area contributed by atoms with Gasteiger partial charge in [-0.3, -0.25) is 14.6 Å². The summed E-state index contributed by atoms with van der Waals surface area (Å²) in [5.41, 5.74) is 1.17. The van der Waals surface area contributed by atoms with Crippen LogP contribution in [0.2, 0.25) is 0 Å². The number of hydrogen-bond acceptors (Lipinski definition) is 5. The third kappa shape index (κ3) is 4.36. The van der Waals surface area contributed by atoms with Crippen molar-refractivity contribution in [3.05, 3.63) is 48.4 Å². The first-order chi connectivity index (χ1) is 12.7. The molecule has 0 unspecified atom stereocenters. The number of amides is 2. The summed E-state index contributed by atoms with van der Waals surface area (Å²) in [6.07, 6.45) is 6.77. The maximum absolute atomic E-state index is 12.7. The fourth-order valence-corrected chi connectivity index (χ4v) is 3.10. The summed E-state index contributed by atoms with van der Waals surface area (Å²) < 4.78 is 0. The van der Waals surface area contributed by atoms with Gasteiger partial charge in [-0.1, -0.05) is 6.07 Å². The first-order valence-corrected chi connectivity index (χ1v) is 8.87. The number of rotatable bonds is 5. The number of hydrogen-bond donors (Lipinski definition) is 2. The highest BCUT2D eigenvalue weighted by Gasteiger charge is 2.26. The predicted octanol–water partition coefficient (Wildman–Crippen LogP) is 2.08. The lowest BCUT2D eigenvalue weighted by molar-refractivity contribution is -0.120. The van der Waals surface area contributed by atoms with Crippen molar-refractivity contribution < 1.29 is 9.59 Å². The van der Waals surface area contributed by atoms with E-state index < -0.39 is 0 Å². The Bertz CT molecular complexity index is 766. The Kier molecular flexibility index (Phi) is 5.78. The minimum absolute atomic E-state index is 0.0355. The molecule has 1 aromatic carbocycles. The molecular weight excluding hydrogens is 330 g/mol. The molecule has 2 amide bonds. The fraction of sp³-hybridized carbons (Fsp3) is 0.368. The van der Waals surface area contributed by atoms with Gasteiger partial charge in [0.25, 0.3) is 5.91 Å². The third-order valence-corrected chi connectivity index (χ3v) is 4.40. The first-order valence-electron chi connectivity index (χ1n) is 8.87. The van der Waals surface area contributed by atoms with E-state index in [1.807, 2.05) is 6.92 Å². The Balaban J connectivity index is 1.64. The van der Waals surface area contributed by atoms with Crippen LogP contribution in [0.15, 0.2) is 42.9 Å². The van der Waals surface area contributed by atoms with Crippen LogP contribution in [0.5, 0.6) is 0 Å². The molecule has 1 saturated heterocycles. The van der Waals surface area contributed by atoms with E-state index in [2.05, 4.69) is 25.5 Å². The van der Waals surface area contributed by atoms with Crippen molar-refractivity contribution in [3.8, 4) is 0 Å². The van der Waals surface area contributed by atoms with Crippen LogP contribution < -0.4 is 15.5 Å². The number of aromatic nitrogens is 2. The van der Waals surface area contributed by atoms with Crippen LogP contribution >= 0.6 is 0 Å². The van der Waals surface area contributed by atoms with Gasteiger partial charge >= 0.3 is 0 Å². The van der Waals surface area contributed by atoms with Crippen LogP contribution in [0.1, 0.15) is 30.1 Å². The average Bonchev–Trinajstić information content (AvgIpc) is 2.69. The predicted molar refractivity (Wildman–Crippen MR) is 100 cm³/mol. The number of anilines is 2. The Morgan fingerprint density at radius 3 is 2.96 bits per heavy atom. The van der Waals surface area contributed by atoms with Gasteiger partial charge < -0.3 is 15.5 Å². The largest absolute Gasteiger partial charge is 0.355 e. The summed E-state index contributed by atoms with van der Waals surface area (Å²) in [6.45, 7) is 3.92. The number of piperidine rings is 1. The van der Waals surface area contributed by atoms with Crippen LogP contribution in [0.4, 0.5) is 11.5 Å². The van der Waals surface area contributed by atoms with Gasteiger partial charge in [0.1, 0.15) is 5.82 Å². The second kappa shape index (κ2) is 8.42. The molecular formula is C19H23N5O2. The molecule has 1 aliphatic heterocycles. The molecule has 0 spiro atoms. The van der Waals surface area contributed by atoms with Crippen molar-refractivity contribution >= 4 is 23.3 Å². The second-order valence-corrected chi connectivity index (χ2v) is 6.28. The van der Waals surface area contributed by atoms with Crippen molar-refractivity contribution in [2.45, 2.75) is 19.8 Å². The van der Waals surface area contributed by atoms with E-state index in [9.17, 15) is 9.59 Å². The molecule has 7 heteroatoms. The van der Waals surface area contributed by atoms with E-state index >= 15 is 0 Å². The standard InChI is InChI=1S/C19H23N5O2/c1-2-21-18(25)14-5-3-7-16(11-14)23-19(26)15-6-4-10-24(13-15)17-12-20-8-9-22-17/h3,5,7-9,11-12,15H,2,4,6,10,13H2,1H3,(H,21,25)(H,23,26)/t15-/m0/s1. The summed E-state index contributed by atoms with van der Waals surface area (Å²) in [4.78, 5) is 35.1. The molecule has 0 bridgehead atoms. The van der Waals surface area contributed by atoms with Crippen LogP contribution in [-0.2, 0) is 4.79 Å². The summed E-state index contributed by atoms with van der Waals surface area (Å²) in [5.74, 6) is 0.490. The van der Waals surface area contributed by atoms with Crippen LogP contribution in [0.25, 0.3) is 0 Å². The van der Waals surface area contributed by atoms with Gasteiger partial charge in [-0.05, 0) is 38.0 Å². The maximum Gasteiger partial charge on any atom is 0.251 e. The van der Waals surface area contributed by atoms with Gasteiger partial charge in [0, 0.05) is 43.3 Å². The molecule has 0 radical (unpaired) electrons. The van der Waals surface area contributed by atoms with E-state index in [0.29, 0.717) is 24.3 Å². The summed E-state index contributed by atoms with van der Waals surface area (Å²) in [6, 6.07) is 7.00. The quantitative estimate of drug-likeness (QED) is 0.859. The number of nitrogens with zero attached hydrogens (tertiary/aromatic N) is 3. The van der Waals surface area contributed by atoms with Crippen molar-refractivity contribution in [2.24, 2.45) is 5.92 Å². The summed E-state index contributed by atoms with van der Waals surface area (Å²) in [7, 11) is 0. The second-order valence-electron chi connectivity index (χ2n) is 6.28. The molecule has 26 heavy (non-hydrogen) atoms. The monoisotopic (exact) mass is 353 g/mol. The zero-order valence-electron chi connectivity index (χ0n) is 14.8. The number of carbonyl (C=O) groups is 2. The highest BCUT2D eigenvalue weighted by atomic mass is 16.2. The molecule has 1 fully saturated rings. The number of nitrogens with one attached hydrogen (secondary N) is 2. The van der Waals surface area contributed by atoms with Crippen LogP contribution in [0.3, 0.4) is 0 Å². The van der Waals surface area contributed by atoms with Crippen molar-refractivity contribution in [1.82, 2.24) is 15.3 Å². The van der Waals surface area contributed by atoms with Crippen molar-refractivity contribution in [2.75, 3.05) is 29.9 Å². The van der Waals surface area contributed by atoms with Crippen LogP contribution in [0, 0.1) is 5.92 Å². The first kappa shape index (κ1) is 17.8. The summed E-state index contributed by atoms with van der Waals surface area (Å²) in [5, 5.41) is 5.70. The zero-order valence-corrected chi connectivity index (χ0v) is 14.8. The molecule has 7 nitrogen and oxygen atoms in total. The van der Waals surface area contributed by atoms with Gasteiger partial charge in [-0.15, -0.1) is 0 Å². The minimum atomic E-state index is -0.143. The lowest BCUT2D eigenvalue weighted by Crippen LogP contribution is -2.41. The van der Waals surface area contributed by atoms with E-state index in [-0.39, 0.29) is 17.7 Å². The topological polar surface area (TPSA) is 87.2 Å². The maximum atomic E-state index is 12.7. The fourth-order valence-electron chi connectivity index (χ4n) is 3.10. The van der Waals surface area contributed by atoms with E-state index in [1.165, 1.54) is 0 Å². The molecule has 136 valence electrons. The van der Waals surface area contributed by atoms with E-state index in [0.717, 1.165) is 25.2 Å². The molecule has 2 heterocycles. The SMILES string of the molecule is CCNC(=O)c1cccc(NC(=O)[C@H]2CCCN(c3cnccn3)C2)c1. The number of benzene rings is 1. The normalized spacial score (nSPS) is 16.8. The Morgan fingerprint density at radius 2 is 2.19 bits per heavy atom. The minimum Gasteiger partial charge on any atom is -0.355 e. The lowest BCUT2D eigenvalue weighted by atomic mass is 9.97. The van der Waals surface area contributed by atoms with E-state index in [1.54, 1.807) is 42.9 Å². The molecule has 0 saturated carbocycles. The molecule has 1 aromatic heterocycles. The Labute approximate surface area is 152 Å². The molecule has 3 rings (SSSR count). The van der Waals surface area contributed by atoms with Gasteiger partial charge in [0.05, 0.1) is 12.1 Å². The molecule has 0 aliphatic carbocycles. The van der Waals surface area contributed by atoms with Gasteiger partial charge in [0.15, 0.2) is 0 Å². The van der Waals surface area contributed by atoms with Crippen molar-refractivity contribution in [3.63, 3.8) is 0 Å².